The van der Waals surface area contributed by atoms with Gasteiger partial charge in [0.1, 0.15) is 24.1 Å². The van der Waals surface area contributed by atoms with Gasteiger partial charge in [0.2, 0.25) is 11.8 Å². The van der Waals surface area contributed by atoms with Crippen LogP contribution in [0.3, 0.4) is 0 Å². The van der Waals surface area contributed by atoms with E-state index in [0.29, 0.717) is 41.4 Å². The number of aliphatic hydroxyl groups is 5. The van der Waals surface area contributed by atoms with Gasteiger partial charge >= 0.3 is 0 Å². The van der Waals surface area contributed by atoms with Crippen LogP contribution in [0.2, 0.25) is 5.02 Å². The maximum absolute atomic E-state index is 13.1. The molecule has 7 atom stereocenters. The van der Waals surface area contributed by atoms with E-state index in [2.05, 4.69) is 20.4 Å². The first-order valence-electron chi connectivity index (χ1n) is 19.6. The Morgan fingerprint density at radius 2 is 1.58 bits per heavy atom. The number of anilines is 1. The fourth-order valence-electron chi connectivity index (χ4n) is 7.26. The van der Waals surface area contributed by atoms with Crippen LogP contribution in [0.4, 0.5) is 5.69 Å². The van der Waals surface area contributed by atoms with Crippen molar-refractivity contribution in [3.63, 3.8) is 0 Å². The molecule has 9 N–H and O–H groups in total. The monoisotopic (exact) mass is 800 g/mol. The maximum atomic E-state index is 13.1. The average molecular weight is 801 g/mol. The lowest BCUT2D eigenvalue weighted by Crippen LogP contribution is -2.54. The molecule has 0 spiro atoms. The number of likely N-dealkylation sites (tertiary alicyclic amines) is 2. The van der Waals surface area contributed by atoms with Gasteiger partial charge in [-0.05, 0) is 70.6 Å². The minimum atomic E-state index is -1.73. The largest absolute Gasteiger partial charge is 0.496 e. The number of carbonyl (C=O) groups is 3. The van der Waals surface area contributed by atoms with Crippen LogP contribution < -0.4 is 21.1 Å². The highest BCUT2D eigenvalue weighted by Crippen LogP contribution is 2.29. The van der Waals surface area contributed by atoms with Gasteiger partial charge in [-0.15, -0.1) is 0 Å². The number of benzene rings is 1. The predicted molar refractivity (Wildman–Crippen MR) is 209 cm³/mol. The number of likely N-dealkylation sites (N-methyl/N-ethyl adjacent to an activating group) is 1. The minimum absolute atomic E-state index is 0.161. The SMILES string of the molecule is COc1cc(N)c(Cl)cc1C(=O)N[C@@H]1CCN(CCCCCC(=O)N(C)[C@@H]2CCCN(CCCCCC(=O)NC[C@H](O)[C@@H](O)[C@H](O)[C@H](O)CO)C2)C[C@@H]1OC. The van der Waals surface area contributed by atoms with E-state index in [1.54, 1.807) is 13.2 Å². The predicted octanol–water partition coefficient (Wildman–Crippen LogP) is 0.346. The number of piperidine rings is 2. The number of hydrogen-bond donors (Lipinski definition) is 8. The molecule has 314 valence electrons. The van der Waals surface area contributed by atoms with Crippen molar-refractivity contribution in [3.05, 3.63) is 22.7 Å². The number of rotatable bonds is 23. The number of unbranched alkanes of at least 4 members (excludes halogenated alkanes) is 4. The molecule has 55 heavy (non-hydrogen) atoms. The van der Waals surface area contributed by atoms with Crippen molar-refractivity contribution >= 4 is 35.0 Å². The van der Waals surface area contributed by atoms with Crippen molar-refractivity contribution in [3.8, 4) is 5.75 Å². The van der Waals surface area contributed by atoms with E-state index in [4.69, 9.17) is 31.9 Å². The van der Waals surface area contributed by atoms with Gasteiger partial charge < -0.3 is 66.1 Å². The first-order valence-corrected chi connectivity index (χ1v) is 19.9. The number of amides is 3. The average Bonchev–Trinajstić information content (AvgIpc) is 3.19. The second kappa shape index (κ2) is 24.1. The zero-order valence-corrected chi connectivity index (χ0v) is 33.5. The Kier molecular flexibility index (Phi) is 20.4. The van der Waals surface area contributed by atoms with Crippen molar-refractivity contribution < 1.29 is 49.4 Å². The molecule has 17 heteroatoms. The number of nitrogens with one attached hydrogen (secondary N) is 2. The fraction of sp³-hybridized carbons (Fsp3) is 0.763. The molecule has 0 bridgehead atoms. The Morgan fingerprint density at radius 3 is 2.24 bits per heavy atom. The Balaban J connectivity index is 1.27. The molecule has 1 aromatic carbocycles. The van der Waals surface area contributed by atoms with E-state index in [0.717, 1.165) is 84.1 Å². The zero-order valence-electron chi connectivity index (χ0n) is 32.7. The number of ether oxygens (including phenoxy) is 2. The number of aliphatic hydroxyl groups excluding tert-OH is 5. The first kappa shape index (κ1) is 46.6. The summed E-state index contributed by atoms with van der Waals surface area (Å²) in [4.78, 5) is 45.0. The number of nitrogens with zero attached hydrogens (tertiary/aromatic N) is 3. The molecule has 2 aliphatic rings. The van der Waals surface area contributed by atoms with Crippen molar-refractivity contribution in [2.75, 3.05) is 79.4 Å². The summed E-state index contributed by atoms with van der Waals surface area (Å²) < 4.78 is 11.1. The summed E-state index contributed by atoms with van der Waals surface area (Å²) in [6, 6.07) is 3.08. The maximum Gasteiger partial charge on any atom is 0.255 e. The lowest BCUT2D eigenvalue weighted by atomic mass is 10.00. The molecular formula is C38H65ClN6O10. The van der Waals surface area contributed by atoms with Crippen molar-refractivity contribution in [1.29, 1.82) is 0 Å². The third-order valence-electron chi connectivity index (χ3n) is 10.8. The summed E-state index contributed by atoms with van der Waals surface area (Å²) in [7, 11) is 5.05. The molecule has 2 fully saturated rings. The van der Waals surface area contributed by atoms with E-state index < -0.39 is 31.0 Å². The number of nitrogen functional groups attached to an aromatic ring is 1. The third kappa shape index (κ3) is 14.9. The summed E-state index contributed by atoms with van der Waals surface area (Å²) in [5.41, 5.74) is 6.53. The number of hydrogen-bond acceptors (Lipinski definition) is 13. The molecule has 2 heterocycles. The van der Waals surface area contributed by atoms with Gasteiger partial charge in [-0.3, -0.25) is 14.4 Å². The quantitative estimate of drug-likeness (QED) is 0.0553. The van der Waals surface area contributed by atoms with Gasteiger partial charge in [0.05, 0.1) is 48.2 Å². The Labute approximate surface area is 330 Å². The van der Waals surface area contributed by atoms with Crippen molar-refractivity contribution in [1.82, 2.24) is 25.3 Å². The number of nitrogens with two attached hydrogens (primary N) is 1. The highest BCUT2D eigenvalue weighted by molar-refractivity contribution is 6.33. The molecule has 2 saturated heterocycles. The lowest BCUT2D eigenvalue weighted by molar-refractivity contribution is -0.133. The molecule has 0 unspecified atom stereocenters. The fourth-order valence-corrected chi connectivity index (χ4v) is 7.42. The summed E-state index contributed by atoms with van der Waals surface area (Å²) in [6.45, 7) is 4.06. The molecule has 3 rings (SSSR count). The number of halogens is 1. The van der Waals surface area contributed by atoms with Crippen molar-refractivity contribution in [2.24, 2.45) is 0 Å². The van der Waals surface area contributed by atoms with Crippen LogP contribution in [-0.4, -0.2) is 174 Å². The van der Waals surface area contributed by atoms with Gasteiger partial charge in [-0.25, -0.2) is 0 Å². The summed E-state index contributed by atoms with van der Waals surface area (Å²) in [6.07, 6.45) is 1.98. The Morgan fingerprint density at radius 1 is 0.927 bits per heavy atom. The van der Waals surface area contributed by atoms with Crippen LogP contribution in [0.1, 0.15) is 81.0 Å². The molecule has 1 aromatic rings. The van der Waals surface area contributed by atoms with E-state index >= 15 is 0 Å². The number of methoxy groups -OCH3 is 2. The van der Waals surface area contributed by atoms with Crippen LogP contribution in [0, 0.1) is 0 Å². The highest BCUT2D eigenvalue weighted by Gasteiger charge is 2.32. The van der Waals surface area contributed by atoms with Gasteiger partial charge in [-0.2, -0.15) is 0 Å². The summed E-state index contributed by atoms with van der Waals surface area (Å²) >= 11 is 6.16. The Bertz CT molecular complexity index is 1350. The first-order chi connectivity index (χ1) is 26.3. The van der Waals surface area contributed by atoms with Crippen LogP contribution in [-0.2, 0) is 14.3 Å². The van der Waals surface area contributed by atoms with E-state index in [9.17, 15) is 34.8 Å². The lowest BCUT2D eigenvalue weighted by Gasteiger charge is -2.38. The molecule has 0 aromatic heterocycles. The van der Waals surface area contributed by atoms with E-state index in [1.807, 2.05) is 11.9 Å². The molecule has 0 radical (unpaired) electrons. The van der Waals surface area contributed by atoms with Gasteiger partial charge in [-0.1, -0.05) is 24.4 Å². The number of carbonyl (C=O) groups excluding carboxylic acids is 3. The van der Waals surface area contributed by atoms with Crippen molar-refractivity contribution in [2.45, 2.75) is 113 Å². The highest BCUT2D eigenvalue weighted by atomic mass is 35.5. The van der Waals surface area contributed by atoms with E-state index in [-0.39, 0.29) is 48.9 Å². The topological polar surface area (TPSA) is 231 Å². The molecule has 0 aliphatic carbocycles. The van der Waals surface area contributed by atoms with Gasteiger partial charge in [0.15, 0.2) is 0 Å². The van der Waals surface area contributed by atoms with Crippen LogP contribution in [0.25, 0.3) is 0 Å². The molecule has 16 nitrogen and oxygen atoms in total. The second-order valence-electron chi connectivity index (χ2n) is 14.8. The standard InChI is InChI=1S/C38H65ClN6O10/c1-43(25-11-10-17-44(22-25)15-8-4-6-12-34(49)41-21-30(47)36(51)37(52)31(48)24-46)35(50)13-7-5-9-16-45-18-14-29(33(23-45)55-3)42-38(53)26-19-27(39)28(40)20-32(26)54-2/h19-20,25,29-31,33,36-37,46-48,51-52H,4-18,21-24,40H2,1-3H3,(H,41,49)(H,42,53)/t25-,29-,30+,31-,33+,36-,37-/m1/s1. The Hall–Kier alpha value is -2.80. The normalized spacial score (nSPS) is 21.7. The summed E-state index contributed by atoms with van der Waals surface area (Å²) in [5, 5.41) is 53.7. The van der Waals surface area contributed by atoms with Crippen LogP contribution in [0.5, 0.6) is 5.75 Å². The minimum Gasteiger partial charge on any atom is -0.496 e. The van der Waals surface area contributed by atoms with Crippen LogP contribution in [0.15, 0.2) is 12.1 Å². The third-order valence-corrected chi connectivity index (χ3v) is 11.2. The smallest absolute Gasteiger partial charge is 0.255 e. The molecular weight excluding hydrogens is 736 g/mol. The molecule has 3 amide bonds. The second-order valence-corrected chi connectivity index (χ2v) is 15.2. The van der Waals surface area contributed by atoms with E-state index in [1.165, 1.54) is 13.2 Å². The molecule has 0 saturated carbocycles. The molecule has 2 aliphatic heterocycles. The van der Waals surface area contributed by atoms with Crippen LogP contribution >= 0.6 is 11.6 Å². The van der Waals surface area contributed by atoms with Gasteiger partial charge in [0.25, 0.3) is 5.91 Å². The van der Waals surface area contributed by atoms with Gasteiger partial charge in [0, 0.05) is 65.3 Å². The summed E-state index contributed by atoms with van der Waals surface area (Å²) in [5.74, 6) is -0.0415. The zero-order chi connectivity index (χ0) is 40.5.